The minimum atomic E-state index is -1.40. The van der Waals surface area contributed by atoms with Crippen molar-refractivity contribution in [3.05, 3.63) is 95.6 Å². The molecule has 0 aromatic heterocycles. The van der Waals surface area contributed by atoms with Gasteiger partial charge in [0.1, 0.15) is 24.3 Å². The number of carbonyl (C=O) groups is 2. The van der Waals surface area contributed by atoms with Crippen LogP contribution in [0.3, 0.4) is 0 Å². The van der Waals surface area contributed by atoms with Crippen LogP contribution >= 0.6 is 11.8 Å². The van der Waals surface area contributed by atoms with Gasteiger partial charge in [-0.2, -0.15) is 0 Å². The fourth-order valence-corrected chi connectivity index (χ4v) is 4.30. The molecule has 2 unspecified atom stereocenters. The number of anilines is 1. The van der Waals surface area contributed by atoms with E-state index in [2.05, 4.69) is 5.32 Å². The Bertz CT molecular complexity index is 1110. The van der Waals surface area contributed by atoms with Crippen molar-refractivity contribution in [2.24, 2.45) is 0 Å². The Labute approximate surface area is 194 Å². The second-order valence-corrected chi connectivity index (χ2v) is 8.13. The molecule has 0 heterocycles. The maximum Gasteiger partial charge on any atom is 0.408 e. The number of hydrogen-bond acceptors (Lipinski definition) is 6. The average Bonchev–Trinajstić information content (AvgIpc) is 2.83. The largest absolute Gasteiger partial charge is 0.467 e. The van der Waals surface area contributed by atoms with Crippen LogP contribution in [0.5, 0.6) is 0 Å². The maximum absolute atomic E-state index is 14.8. The molecule has 0 fully saturated rings. The number of benzene rings is 3. The number of hydrogen-bond donors (Lipinski definition) is 2. The highest BCUT2D eigenvalue weighted by atomic mass is 32.2. The van der Waals surface area contributed by atoms with Gasteiger partial charge in [0.2, 0.25) is 0 Å². The minimum Gasteiger partial charge on any atom is -0.467 e. The molecule has 3 rings (SSSR count). The molecule has 0 aliphatic carbocycles. The van der Waals surface area contributed by atoms with Crippen molar-refractivity contribution >= 4 is 29.5 Å². The van der Waals surface area contributed by atoms with E-state index in [1.807, 2.05) is 6.07 Å². The van der Waals surface area contributed by atoms with E-state index in [4.69, 9.17) is 15.2 Å². The number of esters is 1. The molecule has 0 aliphatic heterocycles. The Morgan fingerprint density at radius 3 is 2.42 bits per heavy atom. The Morgan fingerprint density at radius 2 is 1.73 bits per heavy atom. The summed E-state index contributed by atoms with van der Waals surface area (Å²) in [5, 5.41) is 1.33. The van der Waals surface area contributed by atoms with E-state index >= 15 is 0 Å². The van der Waals surface area contributed by atoms with Crippen LogP contribution in [0.1, 0.15) is 16.4 Å². The fraction of sp³-hybridized carbons (Fsp3) is 0.167. The second-order valence-electron chi connectivity index (χ2n) is 6.95. The highest BCUT2D eigenvalue weighted by Crippen LogP contribution is 2.41. The number of para-hydroxylation sites is 1. The van der Waals surface area contributed by atoms with E-state index in [9.17, 15) is 18.4 Å². The van der Waals surface area contributed by atoms with E-state index in [-0.39, 0.29) is 12.2 Å². The monoisotopic (exact) mass is 472 g/mol. The molecule has 0 saturated carbocycles. The molecule has 9 heteroatoms. The van der Waals surface area contributed by atoms with E-state index in [0.717, 1.165) is 42.6 Å². The topological polar surface area (TPSA) is 90.6 Å². The molecule has 1 amide bonds. The van der Waals surface area contributed by atoms with E-state index in [1.54, 1.807) is 48.5 Å². The van der Waals surface area contributed by atoms with Gasteiger partial charge < -0.3 is 20.5 Å². The molecule has 0 bridgehead atoms. The molecule has 2 atom stereocenters. The van der Waals surface area contributed by atoms with Crippen LogP contribution in [0.25, 0.3) is 0 Å². The van der Waals surface area contributed by atoms with Gasteiger partial charge in [-0.25, -0.2) is 18.4 Å². The zero-order valence-corrected chi connectivity index (χ0v) is 18.5. The third-order valence-electron chi connectivity index (χ3n) is 4.68. The molecule has 33 heavy (non-hydrogen) atoms. The third kappa shape index (κ3) is 6.45. The number of halogens is 2. The van der Waals surface area contributed by atoms with Crippen molar-refractivity contribution in [1.29, 1.82) is 0 Å². The summed E-state index contributed by atoms with van der Waals surface area (Å²) in [5.41, 5.74) is 7.00. The van der Waals surface area contributed by atoms with Gasteiger partial charge >= 0.3 is 12.1 Å². The van der Waals surface area contributed by atoms with Gasteiger partial charge in [-0.05, 0) is 35.9 Å². The molecule has 172 valence electrons. The van der Waals surface area contributed by atoms with Crippen LogP contribution in [-0.2, 0) is 20.9 Å². The van der Waals surface area contributed by atoms with E-state index in [0.29, 0.717) is 10.6 Å². The molecular formula is C24H22F2N2O4S. The first kappa shape index (κ1) is 24.1. The number of alkyl carbamates (subject to hydrolysis) is 1. The summed E-state index contributed by atoms with van der Waals surface area (Å²) in [5.74, 6) is -2.31. The summed E-state index contributed by atoms with van der Waals surface area (Å²) in [6, 6.07) is 17.2. The number of thioether (sulfide) groups is 1. The molecule has 6 nitrogen and oxygen atoms in total. The third-order valence-corrected chi connectivity index (χ3v) is 6.09. The summed E-state index contributed by atoms with van der Waals surface area (Å²) >= 11 is 0.997. The summed E-state index contributed by atoms with van der Waals surface area (Å²) < 4.78 is 38.8. The van der Waals surface area contributed by atoms with Crippen molar-refractivity contribution in [2.75, 3.05) is 12.8 Å². The Kier molecular flexibility index (Phi) is 8.26. The summed E-state index contributed by atoms with van der Waals surface area (Å²) in [7, 11) is 1.13. The summed E-state index contributed by atoms with van der Waals surface area (Å²) in [6.45, 7) is -0.0433. The summed E-state index contributed by atoms with van der Waals surface area (Å²) in [6.07, 6.45) is -0.919. The quantitative estimate of drug-likeness (QED) is 0.277. The molecule has 0 radical (unpaired) electrons. The predicted molar refractivity (Wildman–Crippen MR) is 121 cm³/mol. The van der Waals surface area contributed by atoms with Crippen molar-refractivity contribution in [3.8, 4) is 0 Å². The van der Waals surface area contributed by atoms with Gasteiger partial charge in [0.25, 0.3) is 0 Å². The highest BCUT2D eigenvalue weighted by Gasteiger charge is 2.35. The van der Waals surface area contributed by atoms with Crippen LogP contribution in [0.2, 0.25) is 0 Å². The standard InChI is InChI=1S/C24H22F2N2O4S/c1-31-23(29)21(28-24(30)32-14-15-7-3-2-4-8-15)22(17-13-16(25)11-12-18(17)26)33-20-10-6-5-9-19(20)27/h2-13,21-22H,14,27H2,1H3,(H,28,30). The lowest BCUT2D eigenvalue weighted by Gasteiger charge is -2.26. The van der Waals surface area contributed by atoms with Crippen LogP contribution in [0, 0.1) is 11.6 Å². The zero-order chi connectivity index (χ0) is 23.8. The molecule has 0 spiro atoms. The Hall–Kier alpha value is -3.59. The van der Waals surface area contributed by atoms with Crippen molar-refractivity contribution in [3.63, 3.8) is 0 Å². The first-order valence-corrected chi connectivity index (χ1v) is 10.8. The minimum absolute atomic E-state index is 0.0433. The SMILES string of the molecule is COC(=O)C(NC(=O)OCc1ccccc1)C(Sc1ccccc1N)c1cc(F)ccc1F. The number of nitrogen functional groups attached to an aromatic ring is 1. The maximum atomic E-state index is 14.8. The lowest BCUT2D eigenvalue weighted by molar-refractivity contribution is -0.143. The van der Waals surface area contributed by atoms with Gasteiger partial charge in [0.05, 0.1) is 12.4 Å². The summed E-state index contributed by atoms with van der Waals surface area (Å²) in [4.78, 5) is 25.7. The van der Waals surface area contributed by atoms with Gasteiger partial charge in [0.15, 0.2) is 0 Å². The number of rotatable bonds is 8. The van der Waals surface area contributed by atoms with Gasteiger partial charge in [-0.3, -0.25) is 0 Å². The first-order valence-electron chi connectivity index (χ1n) is 9.90. The smallest absolute Gasteiger partial charge is 0.408 e. The first-order chi connectivity index (χ1) is 15.9. The van der Waals surface area contributed by atoms with Gasteiger partial charge in [-0.15, -0.1) is 11.8 Å². The van der Waals surface area contributed by atoms with Crippen molar-refractivity contribution < 1.29 is 27.8 Å². The number of amides is 1. The molecule has 0 saturated heterocycles. The molecular weight excluding hydrogens is 450 g/mol. The molecule has 0 aliphatic rings. The van der Waals surface area contributed by atoms with Gasteiger partial charge in [-0.1, -0.05) is 42.5 Å². The predicted octanol–water partition coefficient (Wildman–Crippen LogP) is 4.85. The van der Waals surface area contributed by atoms with Gasteiger partial charge in [0, 0.05) is 16.1 Å². The normalized spacial score (nSPS) is 12.5. The van der Waals surface area contributed by atoms with Crippen LogP contribution in [0.15, 0.2) is 77.7 Å². The molecule has 3 aromatic rings. The zero-order valence-electron chi connectivity index (χ0n) is 17.7. The Balaban J connectivity index is 1.92. The van der Waals surface area contributed by atoms with Crippen molar-refractivity contribution in [2.45, 2.75) is 22.8 Å². The molecule has 3 N–H and O–H groups in total. The van der Waals surface area contributed by atoms with E-state index < -0.39 is 35.0 Å². The number of methoxy groups -OCH3 is 1. The average molecular weight is 473 g/mol. The Morgan fingerprint density at radius 1 is 1.03 bits per heavy atom. The lowest BCUT2D eigenvalue weighted by Crippen LogP contribution is -2.45. The number of nitrogens with two attached hydrogens (primary N) is 1. The van der Waals surface area contributed by atoms with Crippen molar-refractivity contribution in [1.82, 2.24) is 5.32 Å². The number of ether oxygens (including phenoxy) is 2. The molecule has 3 aromatic carbocycles. The van der Waals surface area contributed by atoms with E-state index in [1.165, 1.54) is 0 Å². The lowest BCUT2D eigenvalue weighted by atomic mass is 10.0. The van der Waals surface area contributed by atoms with Crippen LogP contribution in [-0.4, -0.2) is 25.2 Å². The second kappa shape index (κ2) is 11.3. The number of nitrogens with one attached hydrogen (secondary N) is 1. The fourth-order valence-electron chi connectivity index (χ4n) is 3.05. The van der Waals surface area contributed by atoms with Crippen LogP contribution in [0.4, 0.5) is 19.3 Å². The highest BCUT2D eigenvalue weighted by molar-refractivity contribution is 7.99. The van der Waals surface area contributed by atoms with Crippen LogP contribution < -0.4 is 11.1 Å². The number of carbonyl (C=O) groups excluding carboxylic acids is 2.